The molecule has 0 fully saturated rings. The van der Waals surface area contributed by atoms with Crippen LogP contribution in [0.15, 0.2) is 51.7 Å². The molecule has 0 spiro atoms. The average Bonchev–Trinajstić information content (AvgIpc) is 2.76. The Labute approximate surface area is 192 Å². The number of rotatable bonds is 9. The van der Waals surface area contributed by atoms with Crippen molar-refractivity contribution in [1.29, 1.82) is 0 Å². The van der Waals surface area contributed by atoms with Crippen LogP contribution < -0.4 is 20.8 Å². The number of carbonyl (C=O) groups is 2. The lowest BCUT2D eigenvalue weighted by Crippen LogP contribution is -2.49. The number of ether oxygens (including phenoxy) is 1. The van der Waals surface area contributed by atoms with Gasteiger partial charge in [0.2, 0.25) is 0 Å². The maximum Gasteiger partial charge on any atom is 0.340 e. The van der Waals surface area contributed by atoms with Crippen molar-refractivity contribution in [2.24, 2.45) is 5.92 Å². The zero-order valence-electron chi connectivity index (χ0n) is 19.3. The van der Waals surface area contributed by atoms with Gasteiger partial charge in [-0.25, -0.2) is 4.79 Å². The van der Waals surface area contributed by atoms with Gasteiger partial charge in [0.15, 0.2) is 6.61 Å². The molecule has 3 aromatic rings. The average molecular weight is 451 g/mol. The predicted molar refractivity (Wildman–Crippen MR) is 123 cm³/mol. The number of carboxylic acid groups (broad SMARTS) is 1. The first kappa shape index (κ1) is 24.0. The summed E-state index contributed by atoms with van der Waals surface area (Å²) in [4.78, 5) is 36.2. The van der Waals surface area contributed by atoms with Crippen molar-refractivity contribution < 1.29 is 23.8 Å². The highest BCUT2D eigenvalue weighted by molar-refractivity contribution is 5.86. The van der Waals surface area contributed by atoms with Crippen molar-refractivity contribution >= 4 is 22.8 Å². The molecule has 1 heterocycles. The van der Waals surface area contributed by atoms with E-state index in [-0.39, 0.29) is 18.9 Å². The van der Waals surface area contributed by atoms with Gasteiger partial charge in [-0.15, -0.1) is 0 Å². The Balaban J connectivity index is 1.79. The first-order valence-corrected chi connectivity index (χ1v) is 10.9. The van der Waals surface area contributed by atoms with Gasteiger partial charge >= 0.3 is 5.63 Å². The van der Waals surface area contributed by atoms with Gasteiger partial charge in [-0.05, 0) is 49.4 Å². The van der Waals surface area contributed by atoms with Crippen LogP contribution in [0.4, 0.5) is 0 Å². The number of amides is 1. The molecule has 0 saturated heterocycles. The molecule has 7 heteroatoms. The fraction of sp³-hybridized carbons (Fsp3) is 0.346. The van der Waals surface area contributed by atoms with E-state index < -0.39 is 23.5 Å². The van der Waals surface area contributed by atoms with Gasteiger partial charge in [-0.2, -0.15) is 0 Å². The van der Waals surface area contributed by atoms with Crippen LogP contribution in [0.3, 0.4) is 0 Å². The van der Waals surface area contributed by atoms with Crippen LogP contribution in [-0.4, -0.2) is 24.5 Å². The Morgan fingerprint density at radius 2 is 1.76 bits per heavy atom. The van der Waals surface area contributed by atoms with E-state index >= 15 is 0 Å². The molecule has 7 nitrogen and oxygen atoms in total. The van der Waals surface area contributed by atoms with Crippen LogP contribution in [0, 0.1) is 19.8 Å². The van der Waals surface area contributed by atoms with Crippen LogP contribution >= 0.6 is 0 Å². The number of nitrogens with one attached hydrogen (secondary N) is 1. The fourth-order valence-corrected chi connectivity index (χ4v) is 3.80. The van der Waals surface area contributed by atoms with Crippen LogP contribution in [-0.2, 0) is 16.0 Å². The van der Waals surface area contributed by atoms with E-state index in [1.807, 2.05) is 51.1 Å². The summed E-state index contributed by atoms with van der Waals surface area (Å²) in [5, 5.41) is 14.5. The van der Waals surface area contributed by atoms with Gasteiger partial charge in [0.1, 0.15) is 11.3 Å². The molecular weight excluding hydrogens is 422 g/mol. The van der Waals surface area contributed by atoms with Gasteiger partial charge in [-0.1, -0.05) is 44.2 Å². The number of aryl methyl sites for hydroxylation is 2. The highest BCUT2D eigenvalue weighted by Gasteiger charge is 2.18. The molecule has 3 rings (SSSR count). The molecule has 0 bridgehead atoms. The van der Waals surface area contributed by atoms with Gasteiger partial charge in [-0.3, -0.25) is 4.79 Å². The second kappa shape index (κ2) is 10.3. The summed E-state index contributed by atoms with van der Waals surface area (Å²) in [6, 6.07) is 12.1. The molecule has 1 atom stereocenters. The summed E-state index contributed by atoms with van der Waals surface area (Å²) in [5.41, 5.74) is 3.03. The molecule has 1 N–H and O–H groups in total. The number of fused-ring (bicyclic) bond motifs is 1. The number of carboxylic acids is 1. The van der Waals surface area contributed by atoms with E-state index in [1.165, 1.54) is 0 Å². The summed E-state index contributed by atoms with van der Waals surface area (Å²) >= 11 is 0. The van der Waals surface area contributed by atoms with Crippen LogP contribution in [0.1, 0.15) is 42.5 Å². The largest absolute Gasteiger partial charge is 0.548 e. The molecule has 0 unspecified atom stereocenters. The highest BCUT2D eigenvalue weighted by atomic mass is 16.5. The SMILES string of the molecule is Cc1c(Cc2ccccc2)c(=O)oc2c(C)c(OCC(=O)N[C@@H](CC(C)C)C(=O)[O-])ccc12. The van der Waals surface area contributed by atoms with Gasteiger partial charge in [0, 0.05) is 22.9 Å². The van der Waals surface area contributed by atoms with E-state index in [0.29, 0.717) is 28.9 Å². The third-order valence-electron chi connectivity index (χ3n) is 5.56. The first-order valence-electron chi connectivity index (χ1n) is 10.9. The number of hydrogen-bond donors (Lipinski definition) is 1. The molecule has 174 valence electrons. The maximum absolute atomic E-state index is 12.7. The highest BCUT2D eigenvalue weighted by Crippen LogP contribution is 2.30. The van der Waals surface area contributed by atoms with Crippen molar-refractivity contribution in [3.8, 4) is 5.75 Å². The molecule has 0 aliphatic carbocycles. The number of aliphatic carboxylic acids is 1. The summed E-state index contributed by atoms with van der Waals surface area (Å²) in [7, 11) is 0. The smallest absolute Gasteiger partial charge is 0.340 e. The van der Waals surface area contributed by atoms with Crippen molar-refractivity contribution in [3.05, 3.63) is 75.1 Å². The van der Waals surface area contributed by atoms with Gasteiger partial charge in [0.05, 0.1) is 12.0 Å². The van der Waals surface area contributed by atoms with Gasteiger partial charge < -0.3 is 24.4 Å². The minimum absolute atomic E-state index is 0.0785. The summed E-state index contributed by atoms with van der Waals surface area (Å²) in [5.74, 6) is -1.44. The number of carbonyl (C=O) groups excluding carboxylic acids is 2. The molecule has 1 amide bonds. The molecule has 0 radical (unpaired) electrons. The molecule has 1 aromatic heterocycles. The van der Waals surface area contributed by atoms with E-state index in [0.717, 1.165) is 16.5 Å². The van der Waals surface area contributed by atoms with E-state index in [4.69, 9.17) is 9.15 Å². The lowest BCUT2D eigenvalue weighted by Gasteiger charge is -2.21. The summed E-state index contributed by atoms with van der Waals surface area (Å²) in [6.07, 6.45) is 0.733. The predicted octanol–water partition coefficient (Wildman–Crippen LogP) is 2.66. The normalized spacial score (nSPS) is 12.0. The Bertz CT molecular complexity index is 1210. The van der Waals surface area contributed by atoms with E-state index in [2.05, 4.69) is 5.32 Å². The summed E-state index contributed by atoms with van der Waals surface area (Å²) in [6.45, 7) is 6.98. The molecule has 0 saturated carbocycles. The topological polar surface area (TPSA) is 109 Å². The third-order valence-corrected chi connectivity index (χ3v) is 5.56. The van der Waals surface area contributed by atoms with Crippen molar-refractivity contribution in [2.45, 2.75) is 46.6 Å². The second-order valence-electron chi connectivity index (χ2n) is 8.58. The van der Waals surface area contributed by atoms with Crippen LogP contribution in [0.5, 0.6) is 5.75 Å². The first-order chi connectivity index (χ1) is 15.7. The second-order valence-corrected chi connectivity index (χ2v) is 8.58. The van der Waals surface area contributed by atoms with Crippen molar-refractivity contribution in [1.82, 2.24) is 5.32 Å². The zero-order valence-corrected chi connectivity index (χ0v) is 19.3. The van der Waals surface area contributed by atoms with Crippen molar-refractivity contribution in [2.75, 3.05) is 6.61 Å². The molecule has 0 aliphatic rings. The minimum atomic E-state index is -1.33. The Morgan fingerprint density at radius 1 is 1.06 bits per heavy atom. The lowest BCUT2D eigenvalue weighted by molar-refractivity contribution is -0.308. The molecular formula is C26H28NO6-. The van der Waals surface area contributed by atoms with Crippen molar-refractivity contribution in [3.63, 3.8) is 0 Å². The van der Waals surface area contributed by atoms with E-state index in [9.17, 15) is 19.5 Å². The monoisotopic (exact) mass is 450 g/mol. The zero-order chi connectivity index (χ0) is 24.1. The number of benzene rings is 2. The van der Waals surface area contributed by atoms with Crippen LogP contribution in [0.2, 0.25) is 0 Å². The van der Waals surface area contributed by atoms with E-state index in [1.54, 1.807) is 19.1 Å². The third kappa shape index (κ3) is 5.80. The molecule has 33 heavy (non-hydrogen) atoms. The fourth-order valence-electron chi connectivity index (χ4n) is 3.80. The Morgan fingerprint density at radius 3 is 2.39 bits per heavy atom. The Kier molecular flexibility index (Phi) is 7.53. The number of hydrogen-bond acceptors (Lipinski definition) is 6. The summed E-state index contributed by atoms with van der Waals surface area (Å²) < 4.78 is 11.3. The quantitative estimate of drug-likeness (QED) is 0.502. The molecule has 2 aromatic carbocycles. The van der Waals surface area contributed by atoms with Gasteiger partial charge in [0.25, 0.3) is 5.91 Å². The standard InChI is InChI=1S/C26H29NO6/c1-15(2)12-21(25(29)30)27-23(28)14-32-22-11-10-19-16(3)20(13-18-8-6-5-7-9-18)26(31)33-24(19)17(22)4/h5-11,15,21H,12-14H2,1-4H3,(H,27,28)(H,29,30)/p-1/t21-/m0/s1. The maximum atomic E-state index is 12.7. The van der Waals surface area contributed by atoms with Crippen LogP contribution in [0.25, 0.3) is 11.0 Å². The minimum Gasteiger partial charge on any atom is -0.548 e. The molecule has 0 aliphatic heterocycles. The Hall–Kier alpha value is -3.61. The lowest BCUT2D eigenvalue weighted by atomic mass is 9.98.